The molecular weight excluding hydrogens is 799 g/mol. The van der Waals surface area contributed by atoms with Gasteiger partial charge in [-0.25, -0.2) is 19.9 Å². The Hall–Kier alpha value is -6.34. The lowest BCUT2D eigenvalue weighted by molar-refractivity contribution is -0.137. The van der Waals surface area contributed by atoms with Crippen LogP contribution in [-0.2, 0) is 19.1 Å². The van der Waals surface area contributed by atoms with E-state index in [9.17, 15) is 28.8 Å². The first kappa shape index (κ1) is 41.0. The van der Waals surface area contributed by atoms with Crippen molar-refractivity contribution in [2.45, 2.75) is 88.6 Å². The average Bonchev–Trinajstić information content (AvgIpc) is 3.79. The van der Waals surface area contributed by atoms with Gasteiger partial charge in [0.2, 0.25) is 11.8 Å². The second-order valence-corrected chi connectivity index (χ2v) is 16.7. The molecule has 1 atom stereocenters. The Kier molecular flexibility index (Phi) is 11.6. The van der Waals surface area contributed by atoms with Crippen LogP contribution in [0.5, 0.6) is 5.75 Å². The first-order valence-electron chi connectivity index (χ1n) is 21.4. The number of hydrogen-bond donors (Lipinski definition) is 3. The molecule has 0 bridgehead atoms. The third-order valence-electron chi connectivity index (χ3n) is 12.6. The zero-order chi connectivity index (χ0) is 42.9. The van der Waals surface area contributed by atoms with Crippen molar-refractivity contribution in [1.29, 1.82) is 0 Å². The number of amides is 6. The molecule has 3 N–H and O–H groups in total. The number of anilines is 1. The fourth-order valence-corrected chi connectivity index (χ4v) is 8.98. The summed E-state index contributed by atoms with van der Waals surface area (Å²) in [5.41, 5.74) is 3.01. The Morgan fingerprint density at radius 1 is 0.887 bits per heavy atom. The van der Waals surface area contributed by atoms with E-state index < -0.39 is 29.7 Å². The molecule has 4 fully saturated rings. The van der Waals surface area contributed by atoms with Crippen molar-refractivity contribution < 1.29 is 38.2 Å². The van der Waals surface area contributed by atoms with Gasteiger partial charge >= 0.3 is 0 Å². The Morgan fingerprint density at radius 3 is 2.45 bits per heavy atom. The third kappa shape index (κ3) is 8.58. The van der Waals surface area contributed by atoms with Gasteiger partial charge in [-0.15, -0.1) is 0 Å². The van der Waals surface area contributed by atoms with Crippen molar-refractivity contribution in [3.63, 3.8) is 0 Å². The number of pyridine rings is 1. The number of rotatable bonds is 13. The van der Waals surface area contributed by atoms with E-state index in [1.807, 2.05) is 25.4 Å². The lowest BCUT2D eigenvalue weighted by Gasteiger charge is -2.36. The lowest BCUT2D eigenvalue weighted by atomic mass is 9.86. The lowest BCUT2D eigenvalue weighted by Crippen LogP contribution is -2.54. The molecule has 1 saturated carbocycles. The summed E-state index contributed by atoms with van der Waals surface area (Å²) >= 11 is 0. The predicted octanol–water partition coefficient (Wildman–Crippen LogP) is 2.03. The first-order valence-corrected chi connectivity index (χ1v) is 21.4. The van der Waals surface area contributed by atoms with Gasteiger partial charge in [-0.1, -0.05) is 6.07 Å². The molecule has 3 saturated heterocycles. The van der Waals surface area contributed by atoms with Gasteiger partial charge in [0.1, 0.15) is 29.3 Å². The number of nitrogens with zero attached hydrogens (tertiary/aromatic N) is 8. The molecule has 6 amide bonds. The van der Waals surface area contributed by atoms with E-state index in [1.54, 1.807) is 17.3 Å². The highest BCUT2D eigenvalue weighted by Crippen LogP contribution is 2.35. The van der Waals surface area contributed by atoms with E-state index in [1.165, 1.54) is 18.2 Å². The van der Waals surface area contributed by atoms with Crippen LogP contribution in [0.25, 0.3) is 11.2 Å². The molecule has 9 rings (SSSR count). The molecule has 4 aromatic rings. The summed E-state index contributed by atoms with van der Waals surface area (Å²) in [6.07, 6.45) is 8.50. The quantitative estimate of drug-likeness (QED) is 0.164. The number of fused-ring (bicyclic) bond motifs is 2. The minimum atomic E-state index is -1.05. The number of imidazole rings is 1. The van der Waals surface area contributed by atoms with Crippen LogP contribution < -0.4 is 20.7 Å². The minimum Gasteiger partial charge on any atom is -0.484 e. The number of piperidine rings is 3. The van der Waals surface area contributed by atoms with Crippen LogP contribution in [0.15, 0.2) is 49.1 Å². The maximum absolute atomic E-state index is 13.1. The summed E-state index contributed by atoms with van der Waals surface area (Å²) in [6.45, 7) is 6.02. The third-order valence-corrected chi connectivity index (χ3v) is 12.6. The van der Waals surface area contributed by atoms with Gasteiger partial charge in [0.15, 0.2) is 18.1 Å². The molecule has 0 unspecified atom stereocenters. The van der Waals surface area contributed by atoms with Crippen molar-refractivity contribution in [1.82, 2.24) is 49.8 Å². The van der Waals surface area contributed by atoms with Gasteiger partial charge in [-0.3, -0.25) is 39.0 Å². The average molecular weight is 848 g/mol. The second kappa shape index (κ2) is 17.6. The Labute approximate surface area is 356 Å². The Balaban J connectivity index is 0.665. The molecule has 4 aliphatic heterocycles. The molecule has 19 heteroatoms. The number of nitrogens with one attached hydrogen (secondary N) is 3. The van der Waals surface area contributed by atoms with E-state index in [0.29, 0.717) is 25.4 Å². The number of likely N-dealkylation sites (tertiary alicyclic amines) is 2. The monoisotopic (exact) mass is 847 g/mol. The fraction of sp³-hybridized carbons (Fsp3) is 0.488. The molecular formula is C43H49N11O8. The molecule has 5 aliphatic rings. The maximum Gasteiger partial charge on any atom is 0.270 e. The summed E-state index contributed by atoms with van der Waals surface area (Å²) in [5.74, 6) is -1.69. The van der Waals surface area contributed by atoms with E-state index in [4.69, 9.17) is 9.47 Å². The smallest absolute Gasteiger partial charge is 0.270 e. The van der Waals surface area contributed by atoms with Gasteiger partial charge < -0.3 is 34.5 Å². The molecule has 0 spiro atoms. The standard InChI is InChI=1S/C43H49N11O8/c1-25-3-2-4-33(47-25)40(57)49-27-19-28(20-27)53-24-46-37-38(44-23-45-39(37)53)48-26-9-13-51(14-10-26)17-18-61-29-11-15-52(16-12-29)36(56)22-62-30-5-6-31-32(21-30)43(60)54(42(31)59)34-7-8-35(55)50-41(34)58/h2-6,21,23-24,26-29,34H,7-20,22H2,1H3,(H,49,57)(H,44,45,48)(H,50,55,58)/t27?,28?,34-/m0/s1. The number of hydrogen-bond acceptors (Lipinski definition) is 14. The van der Waals surface area contributed by atoms with Crippen molar-refractivity contribution in [3.05, 3.63) is 71.6 Å². The Morgan fingerprint density at radius 2 is 1.68 bits per heavy atom. The molecule has 1 aromatic carbocycles. The van der Waals surface area contributed by atoms with Crippen LogP contribution >= 0.6 is 0 Å². The van der Waals surface area contributed by atoms with Crippen LogP contribution in [-0.4, -0.2) is 145 Å². The molecule has 62 heavy (non-hydrogen) atoms. The summed E-state index contributed by atoms with van der Waals surface area (Å²) in [6, 6.07) is 9.30. The first-order chi connectivity index (χ1) is 30.1. The molecule has 19 nitrogen and oxygen atoms in total. The van der Waals surface area contributed by atoms with Crippen molar-refractivity contribution in [2.24, 2.45) is 0 Å². The molecule has 0 radical (unpaired) electrons. The predicted molar refractivity (Wildman–Crippen MR) is 221 cm³/mol. The van der Waals surface area contributed by atoms with Gasteiger partial charge in [0.05, 0.1) is 30.2 Å². The van der Waals surface area contributed by atoms with Gasteiger partial charge in [-0.05, 0) is 82.2 Å². The minimum absolute atomic E-state index is 0.0376. The number of imide groups is 2. The van der Waals surface area contributed by atoms with Crippen LogP contribution in [0.2, 0.25) is 0 Å². The highest BCUT2D eigenvalue weighted by molar-refractivity contribution is 6.23. The molecule has 1 aliphatic carbocycles. The van der Waals surface area contributed by atoms with Crippen molar-refractivity contribution >= 4 is 52.4 Å². The molecule has 7 heterocycles. The van der Waals surface area contributed by atoms with E-state index in [2.05, 4.69) is 45.4 Å². The van der Waals surface area contributed by atoms with E-state index in [-0.39, 0.29) is 72.4 Å². The number of benzene rings is 1. The summed E-state index contributed by atoms with van der Waals surface area (Å²) in [5, 5.41) is 8.90. The molecule has 324 valence electrons. The number of ether oxygens (including phenoxy) is 2. The van der Waals surface area contributed by atoms with Crippen molar-refractivity contribution in [3.8, 4) is 5.75 Å². The van der Waals surface area contributed by atoms with Gasteiger partial charge in [0, 0.05) is 63.0 Å². The number of aryl methyl sites for hydroxylation is 1. The van der Waals surface area contributed by atoms with Crippen LogP contribution in [0, 0.1) is 6.92 Å². The van der Waals surface area contributed by atoms with Crippen LogP contribution in [0.3, 0.4) is 0 Å². The summed E-state index contributed by atoms with van der Waals surface area (Å²) < 4.78 is 14.1. The number of aromatic nitrogens is 5. The normalized spacial score (nSPS) is 22.4. The SMILES string of the molecule is Cc1cccc(C(=O)NC2CC(n3cnc4c(NC5CCN(CCOC6CCN(C(=O)COc7ccc8c(c7)C(=O)N([C@H]7CCC(=O)NC7=O)C8=O)CC6)CC5)ncnc43)C2)n1. The van der Waals surface area contributed by atoms with Crippen molar-refractivity contribution in [2.75, 3.05) is 51.3 Å². The number of carbonyl (C=O) groups excluding carboxylic acids is 6. The van der Waals surface area contributed by atoms with E-state index >= 15 is 0 Å². The highest BCUT2D eigenvalue weighted by Gasteiger charge is 2.45. The van der Waals surface area contributed by atoms with Crippen LogP contribution in [0.4, 0.5) is 5.82 Å². The zero-order valence-corrected chi connectivity index (χ0v) is 34.5. The topological polar surface area (TPSA) is 223 Å². The largest absolute Gasteiger partial charge is 0.484 e. The van der Waals surface area contributed by atoms with Gasteiger partial charge in [-0.2, -0.15) is 0 Å². The fourth-order valence-electron chi connectivity index (χ4n) is 8.98. The molecule has 3 aromatic heterocycles. The van der Waals surface area contributed by atoms with Crippen LogP contribution in [0.1, 0.15) is 94.3 Å². The van der Waals surface area contributed by atoms with Gasteiger partial charge in [0.25, 0.3) is 23.6 Å². The maximum atomic E-state index is 13.1. The summed E-state index contributed by atoms with van der Waals surface area (Å²) in [4.78, 5) is 98.9. The Bertz CT molecular complexity index is 2400. The zero-order valence-electron chi connectivity index (χ0n) is 34.5. The van der Waals surface area contributed by atoms with E-state index in [0.717, 1.165) is 85.7 Å². The highest BCUT2D eigenvalue weighted by atomic mass is 16.5. The number of carbonyl (C=O) groups is 6. The second-order valence-electron chi connectivity index (χ2n) is 16.7. The summed E-state index contributed by atoms with van der Waals surface area (Å²) in [7, 11) is 0.